The SMILES string of the molecule is Oc1cccc(CNC2CC2)c1. The van der Waals surface area contributed by atoms with Crippen LogP contribution in [0.2, 0.25) is 0 Å². The van der Waals surface area contributed by atoms with Crippen molar-refractivity contribution in [2.75, 3.05) is 0 Å². The van der Waals surface area contributed by atoms with Crippen LogP contribution < -0.4 is 5.32 Å². The maximum atomic E-state index is 9.17. The molecule has 1 fully saturated rings. The van der Waals surface area contributed by atoms with Crippen LogP contribution in [0.15, 0.2) is 24.3 Å². The van der Waals surface area contributed by atoms with Crippen molar-refractivity contribution in [2.24, 2.45) is 0 Å². The van der Waals surface area contributed by atoms with E-state index in [9.17, 15) is 0 Å². The van der Waals surface area contributed by atoms with Crippen LogP contribution in [-0.2, 0) is 6.54 Å². The summed E-state index contributed by atoms with van der Waals surface area (Å²) < 4.78 is 0. The van der Waals surface area contributed by atoms with Crippen LogP contribution in [0, 0.1) is 0 Å². The van der Waals surface area contributed by atoms with Crippen LogP contribution in [0.1, 0.15) is 18.4 Å². The van der Waals surface area contributed by atoms with Crippen molar-refractivity contribution in [3.05, 3.63) is 29.8 Å². The molecule has 2 N–H and O–H groups in total. The maximum Gasteiger partial charge on any atom is 0.115 e. The Balaban J connectivity index is 1.92. The van der Waals surface area contributed by atoms with Crippen molar-refractivity contribution >= 4 is 0 Å². The minimum atomic E-state index is 0.352. The molecule has 0 aromatic heterocycles. The van der Waals surface area contributed by atoms with E-state index in [0.29, 0.717) is 5.75 Å². The summed E-state index contributed by atoms with van der Waals surface area (Å²) in [6.07, 6.45) is 2.61. The molecule has 1 aromatic carbocycles. The standard InChI is InChI=1S/C10H13NO/c12-10-3-1-2-8(6-10)7-11-9-4-5-9/h1-3,6,9,11-12H,4-5,7H2. The van der Waals surface area contributed by atoms with Gasteiger partial charge < -0.3 is 10.4 Å². The van der Waals surface area contributed by atoms with Gasteiger partial charge in [0.2, 0.25) is 0 Å². The Morgan fingerprint density at radius 1 is 1.42 bits per heavy atom. The highest BCUT2D eigenvalue weighted by atomic mass is 16.3. The van der Waals surface area contributed by atoms with Gasteiger partial charge in [-0.25, -0.2) is 0 Å². The van der Waals surface area contributed by atoms with Crippen LogP contribution in [0.4, 0.5) is 0 Å². The highest BCUT2D eigenvalue weighted by Crippen LogP contribution is 2.19. The summed E-state index contributed by atoms with van der Waals surface area (Å²) in [5.74, 6) is 0.352. The lowest BCUT2D eigenvalue weighted by Gasteiger charge is -2.02. The number of nitrogens with one attached hydrogen (secondary N) is 1. The molecule has 0 aliphatic heterocycles. The molecule has 0 heterocycles. The van der Waals surface area contributed by atoms with E-state index in [4.69, 9.17) is 5.11 Å². The van der Waals surface area contributed by atoms with Gasteiger partial charge in [0.05, 0.1) is 0 Å². The van der Waals surface area contributed by atoms with E-state index >= 15 is 0 Å². The predicted molar refractivity (Wildman–Crippen MR) is 48.0 cm³/mol. The zero-order chi connectivity index (χ0) is 8.39. The van der Waals surface area contributed by atoms with Crippen molar-refractivity contribution in [2.45, 2.75) is 25.4 Å². The Bertz CT molecular complexity index is 268. The van der Waals surface area contributed by atoms with Crippen molar-refractivity contribution in [1.29, 1.82) is 0 Å². The molecule has 1 saturated carbocycles. The normalized spacial score (nSPS) is 16.3. The van der Waals surface area contributed by atoms with E-state index in [0.717, 1.165) is 18.2 Å². The molecule has 0 amide bonds. The summed E-state index contributed by atoms with van der Waals surface area (Å²) >= 11 is 0. The maximum absolute atomic E-state index is 9.17. The summed E-state index contributed by atoms with van der Waals surface area (Å²) in [4.78, 5) is 0. The molecule has 1 aliphatic carbocycles. The fourth-order valence-electron chi connectivity index (χ4n) is 1.22. The molecular weight excluding hydrogens is 150 g/mol. The Hall–Kier alpha value is -1.02. The van der Waals surface area contributed by atoms with Crippen molar-refractivity contribution in [3.63, 3.8) is 0 Å². The van der Waals surface area contributed by atoms with Crippen molar-refractivity contribution in [1.82, 2.24) is 5.32 Å². The lowest BCUT2D eigenvalue weighted by atomic mass is 10.2. The van der Waals surface area contributed by atoms with Gasteiger partial charge in [0.1, 0.15) is 5.75 Å². The first-order chi connectivity index (χ1) is 5.84. The van der Waals surface area contributed by atoms with Crippen LogP contribution in [-0.4, -0.2) is 11.1 Å². The van der Waals surface area contributed by atoms with Gasteiger partial charge in [-0.05, 0) is 30.5 Å². The lowest BCUT2D eigenvalue weighted by Crippen LogP contribution is -2.14. The Labute approximate surface area is 72.2 Å². The van der Waals surface area contributed by atoms with E-state index in [1.165, 1.54) is 12.8 Å². The molecule has 0 radical (unpaired) electrons. The molecule has 0 bridgehead atoms. The van der Waals surface area contributed by atoms with Gasteiger partial charge in [0, 0.05) is 12.6 Å². The van der Waals surface area contributed by atoms with Gasteiger partial charge in [-0.15, -0.1) is 0 Å². The summed E-state index contributed by atoms with van der Waals surface area (Å²) in [6, 6.07) is 8.12. The lowest BCUT2D eigenvalue weighted by molar-refractivity contribution is 0.474. The zero-order valence-corrected chi connectivity index (χ0v) is 6.96. The third kappa shape index (κ3) is 1.98. The van der Waals surface area contributed by atoms with Gasteiger partial charge in [0.15, 0.2) is 0 Å². The minimum Gasteiger partial charge on any atom is -0.508 e. The average molecular weight is 163 g/mol. The van der Waals surface area contributed by atoms with Crippen LogP contribution in [0.5, 0.6) is 5.75 Å². The molecule has 0 unspecified atom stereocenters. The second-order valence-electron chi connectivity index (χ2n) is 3.33. The molecular formula is C10H13NO. The Kier molecular flexibility index (Phi) is 2.00. The molecule has 1 aliphatic rings. The van der Waals surface area contributed by atoms with E-state index < -0.39 is 0 Å². The van der Waals surface area contributed by atoms with Crippen LogP contribution in [0.25, 0.3) is 0 Å². The minimum absolute atomic E-state index is 0.352. The summed E-state index contributed by atoms with van der Waals surface area (Å²) in [5.41, 5.74) is 1.15. The number of phenolic OH excluding ortho intramolecular Hbond substituents is 1. The largest absolute Gasteiger partial charge is 0.508 e. The smallest absolute Gasteiger partial charge is 0.115 e. The summed E-state index contributed by atoms with van der Waals surface area (Å²) in [7, 11) is 0. The number of rotatable bonds is 3. The highest BCUT2D eigenvalue weighted by molar-refractivity contribution is 5.27. The van der Waals surface area contributed by atoms with E-state index in [2.05, 4.69) is 5.32 Å². The molecule has 0 atom stereocenters. The fourth-order valence-corrected chi connectivity index (χ4v) is 1.22. The molecule has 2 nitrogen and oxygen atoms in total. The second kappa shape index (κ2) is 3.15. The van der Waals surface area contributed by atoms with Crippen molar-refractivity contribution in [3.8, 4) is 5.75 Å². The van der Waals surface area contributed by atoms with Crippen LogP contribution in [0.3, 0.4) is 0 Å². The fraction of sp³-hybridized carbons (Fsp3) is 0.400. The summed E-state index contributed by atoms with van der Waals surface area (Å²) in [5, 5.41) is 12.6. The first-order valence-electron chi connectivity index (χ1n) is 4.36. The van der Waals surface area contributed by atoms with E-state index in [-0.39, 0.29) is 0 Å². The van der Waals surface area contributed by atoms with Gasteiger partial charge in [0.25, 0.3) is 0 Å². The number of hydrogen-bond acceptors (Lipinski definition) is 2. The van der Waals surface area contributed by atoms with Crippen molar-refractivity contribution < 1.29 is 5.11 Å². The van der Waals surface area contributed by atoms with Gasteiger partial charge in [-0.2, -0.15) is 0 Å². The van der Waals surface area contributed by atoms with Gasteiger partial charge >= 0.3 is 0 Å². The monoisotopic (exact) mass is 163 g/mol. The average Bonchev–Trinajstić information content (AvgIpc) is 2.84. The van der Waals surface area contributed by atoms with E-state index in [1.807, 2.05) is 12.1 Å². The van der Waals surface area contributed by atoms with Gasteiger partial charge in [-0.1, -0.05) is 12.1 Å². The Morgan fingerprint density at radius 3 is 2.92 bits per heavy atom. The summed E-state index contributed by atoms with van der Waals surface area (Å²) in [6.45, 7) is 0.874. The molecule has 64 valence electrons. The molecule has 12 heavy (non-hydrogen) atoms. The van der Waals surface area contributed by atoms with Gasteiger partial charge in [-0.3, -0.25) is 0 Å². The Morgan fingerprint density at radius 2 is 2.25 bits per heavy atom. The second-order valence-corrected chi connectivity index (χ2v) is 3.33. The number of aromatic hydroxyl groups is 1. The number of hydrogen-bond donors (Lipinski definition) is 2. The third-order valence-corrected chi connectivity index (χ3v) is 2.08. The predicted octanol–water partition coefficient (Wildman–Crippen LogP) is 1.64. The van der Waals surface area contributed by atoms with E-state index in [1.54, 1.807) is 12.1 Å². The van der Waals surface area contributed by atoms with Crippen LogP contribution >= 0.6 is 0 Å². The first kappa shape index (κ1) is 7.62. The molecule has 2 heteroatoms. The molecule has 2 rings (SSSR count). The molecule has 0 spiro atoms. The molecule has 0 saturated heterocycles. The first-order valence-corrected chi connectivity index (χ1v) is 4.36. The number of phenols is 1. The quantitative estimate of drug-likeness (QED) is 0.710. The topological polar surface area (TPSA) is 32.3 Å². The zero-order valence-electron chi connectivity index (χ0n) is 6.96. The highest BCUT2D eigenvalue weighted by Gasteiger charge is 2.19. The third-order valence-electron chi connectivity index (χ3n) is 2.08. The molecule has 1 aromatic rings. The number of benzene rings is 1.